The summed E-state index contributed by atoms with van der Waals surface area (Å²) in [5.41, 5.74) is 0.989. The van der Waals surface area contributed by atoms with Gasteiger partial charge in [-0.1, -0.05) is 25.9 Å². The van der Waals surface area contributed by atoms with Gasteiger partial charge >= 0.3 is 0 Å². The van der Waals surface area contributed by atoms with Crippen LogP contribution in [0.1, 0.15) is 58.9 Å². The van der Waals surface area contributed by atoms with E-state index in [1.54, 1.807) is 0 Å². The maximum absolute atomic E-state index is 12.5. The van der Waals surface area contributed by atoms with Gasteiger partial charge in [0.2, 0.25) is 5.91 Å². The van der Waals surface area contributed by atoms with Crippen molar-refractivity contribution in [1.29, 1.82) is 0 Å². The number of piperidine rings is 1. The van der Waals surface area contributed by atoms with Crippen LogP contribution in [0.15, 0.2) is 10.6 Å². The third-order valence-electron chi connectivity index (χ3n) is 5.09. The van der Waals surface area contributed by atoms with Crippen molar-refractivity contribution in [1.82, 2.24) is 15.4 Å². The van der Waals surface area contributed by atoms with E-state index in [4.69, 9.17) is 4.52 Å². The molecule has 1 aromatic heterocycles. The molecule has 24 heavy (non-hydrogen) atoms. The van der Waals surface area contributed by atoms with Gasteiger partial charge in [0.1, 0.15) is 5.76 Å². The number of carbonyl (C=O) groups is 1. The summed E-state index contributed by atoms with van der Waals surface area (Å²) in [7, 11) is 0. The van der Waals surface area contributed by atoms with Crippen molar-refractivity contribution < 1.29 is 9.32 Å². The minimum atomic E-state index is -0.0197. The van der Waals surface area contributed by atoms with Gasteiger partial charge in [-0.3, -0.25) is 4.79 Å². The first kappa shape index (κ1) is 19.0. The molecule has 2 rings (SSSR count). The normalized spacial score (nSPS) is 21.7. The Morgan fingerprint density at radius 3 is 2.62 bits per heavy atom. The molecular formula is C19H33N3O2. The molecule has 0 spiro atoms. The van der Waals surface area contributed by atoms with Gasteiger partial charge in [-0.15, -0.1) is 0 Å². The lowest BCUT2D eigenvalue weighted by atomic mass is 9.80. The lowest BCUT2D eigenvalue weighted by Gasteiger charge is -2.32. The minimum Gasteiger partial charge on any atom is -0.361 e. The molecule has 1 aliphatic heterocycles. The Morgan fingerprint density at radius 2 is 2.04 bits per heavy atom. The zero-order valence-electron chi connectivity index (χ0n) is 15.9. The fraction of sp³-hybridized carbons (Fsp3) is 0.789. The van der Waals surface area contributed by atoms with Crippen LogP contribution in [-0.2, 0) is 16.6 Å². The minimum absolute atomic E-state index is 0.0197. The summed E-state index contributed by atoms with van der Waals surface area (Å²) in [6.45, 7) is 14.0. The number of nitrogens with zero attached hydrogens (tertiary/aromatic N) is 2. The fourth-order valence-electron chi connectivity index (χ4n) is 3.44. The van der Waals surface area contributed by atoms with E-state index in [0.717, 1.165) is 50.5 Å². The number of amides is 1. The molecule has 136 valence electrons. The van der Waals surface area contributed by atoms with E-state index in [0.29, 0.717) is 18.3 Å². The smallest absolute Gasteiger partial charge is 0.222 e. The summed E-state index contributed by atoms with van der Waals surface area (Å²) in [4.78, 5) is 14.4. The summed E-state index contributed by atoms with van der Waals surface area (Å²) in [5.74, 6) is 2.08. The van der Waals surface area contributed by atoms with Crippen molar-refractivity contribution in [3.05, 3.63) is 17.5 Å². The van der Waals surface area contributed by atoms with Crippen LogP contribution < -0.4 is 5.32 Å². The van der Waals surface area contributed by atoms with Gasteiger partial charge in [0.25, 0.3) is 0 Å². The molecule has 2 heterocycles. The Hall–Kier alpha value is -1.36. The fourth-order valence-corrected chi connectivity index (χ4v) is 3.44. The van der Waals surface area contributed by atoms with Crippen LogP contribution in [0.5, 0.6) is 0 Å². The number of hydrogen-bond donors (Lipinski definition) is 1. The molecule has 0 bridgehead atoms. The Labute approximate surface area is 146 Å². The highest BCUT2D eigenvalue weighted by atomic mass is 16.5. The Kier molecular flexibility index (Phi) is 6.44. The molecule has 0 aliphatic carbocycles. The van der Waals surface area contributed by atoms with Crippen LogP contribution in [0.4, 0.5) is 0 Å². The molecule has 0 saturated carbocycles. The molecule has 1 saturated heterocycles. The molecule has 1 N–H and O–H groups in total. The van der Waals surface area contributed by atoms with Gasteiger partial charge < -0.3 is 14.7 Å². The van der Waals surface area contributed by atoms with Crippen LogP contribution in [0.25, 0.3) is 0 Å². The van der Waals surface area contributed by atoms with Gasteiger partial charge in [0.05, 0.1) is 5.69 Å². The van der Waals surface area contributed by atoms with Crippen LogP contribution in [0.3, 0.4) is 0 Å². The zero-order chi connectivity index (χ0) is 17.7. The van der Waals surface area contributed by atoms with Crippen LogP contribution in [0, 0.1) is 11.8 Å². The maximum Gasteiger partial charge on any atom is 0.222 e. The van der Waals surface area contributed by atoms with Crippen molar-refractivity contribution in [3.8, 4) is 0 Å². The number of aromatic nitrogens is 1. The molecule has 5 heteroatoms. The van der Waals surface area contributed by atoms with E-state index >= 15 is 0 Å². The van der Waals surface area contributed by atoms with E-state index in [1.807, 2.05) is 18.7 Å². The van der Waals surface area contributed by atoms with E-state index < -0.39 is 0 Å². The largest absolute Gasteiger partial charge is 0.361 e. The second-order valence-electron chi connectivity index (χ2n) is 7.92. The van der Waals surface area contributed by atoms with Gasteiger partial charge in [-0.2, -0.15) is 0 Å². The molecule has 1 amide bonds. The Bertz CT molecular complexity index is 529. The second kappa shape index (κ2) is 8.15. The van der Waals surface area contributed by atoms with Crippen molar-refractivity contribution in [3.63, 3.8) is 0 Å². The second-order valence-corrected chi connectivity index (χ2v) is 7.92. The highest BCUT2D eigenvalue weighted by Crippen LogP contribution is 2.29. The van der Waals surface area contributed by atoms with Gasteiger partial charge in [0, 0.05) is 31.0 Å². The maximum atomic E-state index is 12.5. The molecular weight excluding hydrogens is 302 g/mol. The van der Waals surface area contributed by atoms with Gasteiger partial charge in [-0.25, -0.2) is 0 Å². The molecule has 5 nitrogen and oxygen atoms in total. The zero-order valence-corrected chi connectivity index (χ0v) is 15.9. The summed E-state index contributed by atoms with van der Waals surface area (Å²) in [6, 6.07) is 2.08. The predicted molar refractivity (Wildman–Crippen MR) is 95.9 cm³/mol. The van der Waals surface area contributed by atoms with Crippen molar-refractivity contribution in [2.75, 3.05) is 26.2 Å². The van der Waals surface area contributed by atoms with E-state index in [1.165, 1.54) is 0 Å². The first-order valence-electron chi connectivity index (χ1n) is 9.29. The monoisotopic (exact) mass is 335 g/mol. The van der Waals surface area contributed by atoms with Crippen molar-refractivity contribution in [2.24, 2.45) is 11.8 Å². The summed E-state index contributed by atoms with van der Waals surface area (Å²) in [5, 5.41) is 7.73. The number of hydrogen-bond acceptors (Lipinski definition) is 4. The molecule has 2 atom stereocenters. The number of nitrogens with one attached hydrogen (secondary N) is 1. The lowest BCUT2D eigenvalue weighted by Crippen LogP contribution is -2.41. The first-order chi connectivity index (χ1) is 11.3. The summed E-state index contributed by atoms with van der Waals surface area (Å²) < 4.78 is 5.51. The van der Waals surface area contributed by atoms with Crippen molar-refractivity contribution >= 4 is 5.91 Å². The predicted octanol–water partition coefficient (Wildman–Crippen LogP) is 3.00. The molecule has 0 radical (unpaired) electrons. The van der Waals surface area contributed by atoms with Gasteiger partial charge in [0.15, 0.2) is 0 Å². The average Bonchev–Trinajstić information content (AvgIpc) is 2.99. The topological polar surface area (TPSA) is 58.4 Å². The van der Waals surface area contributed by atoms with E-state index in [9.17, 15) is 4.79 Å². The highest BCUT2D eigenvalue weighted by Gasteiger charge is 2.30. The SMILES string of the molecule is CCN(CC)C(=O)C[C@@H]1CCNC[C@@H]1Cc1cc(C(C)(C)C)on1. The number of carbonyl (C=O) groups excluding carboxylic acids is 1. The lowest BCUT2D eigenvalue weighted by molar-refractivity contribution is -0.132. The third-order valence-corrected chi connectivity index (χ3v) is 5.09. The van der Waals surface area contributed by atoms with Crippen molar-refractivity contribution in [2.45, 2.75) is 59.3 Å². The average molecular weight is 335 g/mol. The first-order valence-corrected chi connectivity index (χ1v) is 9.29. The highest BCUT2D eigenvalue weighted by molar-refractivity contribution is 5.76. The third kappa shape index (κ3) is 4.82. The quantitative estimate of drug-likeness (QED) is 0.868. The van der Waals surface area contributed by atoms with Gasteiger partial charge in [-0.05, 0) is 51.6 Å². The van der Waals surface area contributed by atoms with E-state index in [-0.39, 0.29) is 11.3 Å². The standard InChI is InChI=1S/C19H33N3O2/c1-6-22(7-2)18(23)11-14-8-9-20-13-15(14)10-16-12-17(24-21-16)19(3,4)5/h12,14-15,20H,6-11,13H2,1-5H3/t14-,15-/m0/s1. The molecule has 1 fully saturated rings. The Balaban J connectivity index is 2.01. The van der Waals surface area contributed by atoms with Crippen LogP contribution in [0.2, 0.25) is 0 Å². The summed E-state index contributed by atoms with van der Waals surface area (Å²) in [6.07, 6.45) is 2.59. The molecule has 1 aliphatic rings. The Morgan fingerprint density at radius 1 is 1.33 bits per heavy atom. The van der Waals surface area contributed by atoms with Crippen LogP contribution >= 0.6 is 0 Å². The molecule has 0 unspecified atom stereocenters. The number of rotatable bonds is 6. The molecule has 1 aromatic rings. The molecule has 0 aromatic carbocycles. The van der Waals surface area contributed by atoms with Crippen LogP contribution in [-0.4, -0.2) is 42.1 Å². The summed E-state index contributed by atoms with van der Waals surface area (Å²) >= 11 is 0. The van der Waals surface area contributed by atoms with E-state index in [2.05, 4.69) is 37.3 Å².